The number of benzene rings is 3. The Hall–Kier alpha value is -2.91. The van der Waals surface area contributed by atoms with E-state index in [0.717, 1.165) is 23.3 Å². The topological polar surface area (TPSA) is 26.7 Å². The molecule has 2 atom stereocenters. The molecular formula is C27H25ClF6N2O. The number of hydrogen-bond acceptors (Lipinski definition) is 3. The van der Waals surface area contributed by atoms with E-state index in [9.17, 15) is 31.4 Å². The van der Waals surface area contributed by atoms with E-state index in [-0.39, 0.29) is 12.1 Å². The third-order valence-electron chi connectivity index (χ3n) is 6.51. The van der Waals surface area contributed by atoms with Crippen molar-refractivity contribution in [3.05, 3.63) is 94.0 Å². The quantitative estimate of drug-likeness (QED) is 0.329. The first-order valence-electron chi connectivity index (χ1n) is 11.7. The highest BCUT2D eigenvalue weighted by Gasteiger charge is 2.42. The van der Waals surface area contributed by atoms with E-state index in [0.29, 0.717) is 29.4 Å². The van der Waals surface area contributed by atoms with Crippen molar-refractivity contribution >= 4 is 23.0 Å². The molecular weight excluding hydrogens is 518 g/mol. The predicted molar refractivity (Wildman–Crippen MR) is 132 cm³/mol. The summed E-state index contributed by atoms with van der Waals surface area (Å²) in [5.74, 6) is 0. The molecule has 4 rings (SSSR count). The van der Waals surface area contributed by atoms with Crippen LogP contribution >= 0.6 is 11.6 Å². The van der Waals surface area contributed by atoms with Gasteiger partial charge in [-0.15, -0.1) is 0 Å². The zero-order valence-electron chi connectivity index (χ0n) is 19.8. The van der Waals surface area contributed by atoms with E-state index >= 15 is 0 Å². The molecule has 3 aromatic carbocycles. The zero-order valence-corrected chi connectivity index (χ0v) is 20.6. The summed E-state index contributed by atoms with van der Waals surface area (Å²) in [7, 11) is 0. The molecule has 0 fully saturated rings. The molecule has 0 saturated carbocycles. The van der Waals surface area contributed by atoms with E-state index in [4.69, 9.17) is 11.6 Å². The summed E-state index contributed by atoms with van der Waals surface area (Å²) < 4.78 is 80.5. The lowest BCUT2D eigenvalue weighted by atomic mass is 9.96. The Morgan fingerprint density at radius 2 is 1.65 bits per heavy atom. The number of nitrogens with zero attached hydrogens (tertiary/aromatic N) is 2. The summed E-state index contributed by atoms with van der Waals surface area (Å²) in [6, 6.07) is 16.1. The van der Waals surface area contributed by atoms with Crippen LogP contribution in [0, 0.1) is 0 Å². The van der Waals surface area contributed by atoms with Crippen LogP contribution in [0.3, 0.4) is 0 Å². The average molecular weight is 543 g/mol. The van der Waals surface area contributed by atoms with E-state index in [1.807, 2.05) is 24.0 Å². The smallest absolute Gasteiger partial charge is 0.382 e. The van der Waals surface area contributed by atoms with Crippen LogP contribution in [0.1, 0.15) is 35.2 Å². The van der Waals surface area contributed by atoms with E-state index in [1.54, 1.807) is 30.3 Å². The number of fused-ring (bicyclic) bond motifs is 1. The number of aryl methyl sites for hydroxylation is 1. The molecule has 1 N–H and O–H groups in total. The van der Waals surface area contributed by atoms with Crippen molar-refractivity contribution in [3.8, 4) is 0 Å². The minimum Gasteiger partial charge on any atom is -0.382 e. The second kappa shape index (κ2) is 10.5. The van der Waals surface area contributed by atoms with Gasteiger partial charge in [0.15, 0.2) is 6.10 Å². The molecule has 37 heavy (non-hydrogen) atoms. The first-order chi connectivity index (χ1) is 17.4. The van der Waals surface area contributed by atoms with Crippen LogP contribution in [-0.4, -0.2) is 30.5 Å². The van der Waals surface area contributed by atoms with Crippen molar-refractivity contribution in [2.24, 2.45) is 0 Å². The maximum Gasteiger partial charge on any atom is 0.416 e. The SMILES string of the molecule is CCc1cc(CN2CC(c3cccc(C(F)(F)F)c3)N(CC(O)C(F)(F)F)c3ccccc32)ccc1Cl. The van der Waals surface area contributed by atoms with Crippen molar-refractivity contribution in [2.45, 2.75) is 44.4 Å². The van der Waals surface area contributed by atoms with Crippen molar-refractivity contribution in [1.29, 1.82) is 0 Å². The predicted octanol–water partition coefficient (Wildman–Crippen LogP) is 7.41. The van der Waals surface area contributed by atoms with Gasteiger partial charge in [-0.05, 0) is 53.4 Å². The first kappa shape index (κ1) is 27.1. The van der Waals surface area contributed by atoms with Crippen LogP contribution in [0.5, 0.6) is 0 Å². The van der Waals surface area contributed by atoms with Gasteiger partial charge in [0.2, 0.25) is 0 Å². The third kappa shape index (κ3) is 5.99. The largest absolute Gasteiger partial charge is 0.416 e. The second-order valence-corrected chi connectivity index (χ2v) is 9.40. The molecule has 3 nitrogen and oxygen atoms in total. The van der Waals surface area contributed by atoms with E-state index in [2.05, 4.69) is 0 Å². The van der Waals surface area contributed by atoms with E-state index < -0.39 is 36.6 Å². The molecule has 1 heterocycles. The summed E-state index contributed by atoms with van der Waals surface area (Å²) in [6.45, 7) is 1.62. The lowest BCUT2D eigenvalue weighted by molar-refractivity contribution is -0.200. The van der Waals surface area contributed by atoms with Crippen LogP contribution in [0.2, 0.25) is 5.02 Å². The lowest BCUT2D eigenvalue weighted by Crippen LogP contribution is -2.49. The van der Waals surface area contributed by atoms with Crippen molar-refractivity contribution in [2.75, 3.05) is 22.9 Å². The fourth-order valence-corrected chi connectivity index (χ4v) is 4.89. The number of hydrogen-bond donors (Lipinski definition) is 1. The molecule has 3 aromatic rings. The molecule has 0 aliphatic carbocycles. The molecule has 0 amide bonds. The van der Waals surface area contributed by atoms with Gasteiger partial charge < -0.3 is 14.9 Å². The van der Waals surface area contributed by atoms with Crippen molar-refractivity contribution < 1.29 is 31.4 Å². The summed E-state index contributed by atoms with van der Waals surface area (Å²) in [5, 5.41) is 10.5. The normalized spacial score (nSPS) is 17.1. The van der Waals surface area contributed by atoms with Gasteiger partial charge in [-0.2, -0.15) is 26.3 Å². The van der Waals surface area contributed by atoms with Crippen molar-refractivity contribution in [1.82, 2.24) is 0 Å². The maximum atomic E-state index is 13.5. The molecule has 0 radical (unpaired) electrons. The Kier molecular flexibility index (Phi) is 7.67. The Bertz CT molecular complexity index is 1250. The number of rotatable bonds is 6. The van der Waals surface area contributed by atoms with Crippen molar-refractivity contribution in [3.63, 3.8) is 0 Å². The highest BCUT2D eigenvalue weighted by atomic mass is 35.5. The monoisotopic (exact) mass is 542 g/mol. The molecule has 10 heteroatoms. The van der Waals surface area contributed by atoms with Gasteiger partial charge in [-0.25, -0.2) is 0 Å². The molecule has 0 spiro atoms. The number of aliphatic hydroxyl groups excluding tert-OH is 1. The number of β-amino-alcohol motifs (C(OH)–C–C–N with tert-alkyl or cyclic N) is 1. The van der Waals surface area contributed by atoms with Crippen LogP contribution < -0.4 is 9.80 Å². The molecule has 0 aromatic heterocycles. The summed E-state index contributed by atoms with van der Waals surface area (Å²) in [5.41, 5.74) is 2.17. The van der Waals surface area contributed by atoms with Crippen LogP contribution in [-0.2, 0) is 19.1 Å². The molecule has 1 aliphatic rings. The van der Waals surface area contributed by atoms with Gasteiger partial charge in [0, 0.05) is 18.1 Å². The second-order valence-electron chi connectivity index (χ2n) is 9.00. The van der Waals surface area contributed by atoms with Crippen LogP contribution in [0.25, 0.3) is 0 Å². The minimum absolute atomic E-state index is 0.104. The highest BCUT2D eigenvalue weighted by Crippen LogP contribution is 2.43. The average Bonchev–Trinajstić information content (AvgIpc) is 2.85. The molecule has 2 unspecified atom stereocenters. The molecule has 198 valence electrons. The number of anilines is 2. The Morgan fingerprint density at radius 3 is 2.30 bits per heavy atom. The Morgan fingerprint density at radius 1 is 0.946 bits per heavy atom. The van der Waals surface area contributed by atoms with Crippen LogP contribution in [0.15, 0.2) is 66.7 Å². The Labute approximate surface area is 215 Å². The molecule has 0 saturated heterocycles. The fourth-order valence-electron chi connectivity index (χ4n) is 4.64. The standard InChI is InChI=1S/C27H25ClF6N2O/c1-2-18-12-17(10-11-21(18)28)14-35-15-24(19-6-5-7-20(13-19)26(29,30)31)36(16-25(37)27(32,33)34)23-9-4-3-8-22(23)35/h3-13,24-25,37H,2,14-16H2,1H3. The molecule has 0 bridgehead atoms. The number of aliphatic hydroxyl groups is 1. The zero-order chi connectivity index (χ0) is 27.0. The van der Waals surface area contributed by atoms with Crippen LogP contribution in [0.4, 0.5) is 37.7 Å². The highest BCUT2D eigenvalue weighted by molar-refractivity contribution is 6.31. The Balaban J connectivity index is 1.79. The third-order valence-corrected chi connectivity index (χ3v) is 6.88. The van der Waals surface area contributed by atoms with Gasteiger partial charge in [0.1, 0.15) is 0 Å². The summed E-state index contributed by atoms with van der Waals surface area (Å²) in [4.78, 5) is 3.28. The van der Waals surface area contributed by atoms with Gasteiger partial charge in [-0.1, -0.05) is 54.9 Å². The summed E-state index contributed by atoms with van der Waals surface area (Å²) >= 11 is 6.25. The van der Waals surface area contributed by atoms with E-state index in [1.165, 1.54) is 17.0 Å². The number of halogens is 7. The number of alkyl halides is 6. The number of para-hydroxylation sites is 2. The first-order valence-corrected chi connectivity index (χ1v) is 12.1. The minimum atomic E-state index is -4.88. The van der Waals surface area contributed by atoms with Gasteiger partial charge in [-0.3, -0.25) is 0 Å². The fraction of sp³-hybridized carbons (Fsp3) is 0.333. The van der Waals surface area contributed by atoms with Gasteiger partial charge in [0.25, 0.3) is 0 Å². The van der Waals surface area contributed by atoms with Gasteiger partial charge >= 0.3 is 12.4 Å². The maximum absolute atomic E-state index is 13.5. The lowest BCUT2D eigenvalue weighted by Gasteiger charge is -2.46. The molecule has 1 aliphatic heterocycles. The summed E-state index contributed by atoms with van der Waals surface area (Å²) in [6.07, 6.45) is -11.5. The van der Waals surface area contributed by atoms with Gasteiger partial charge in [0.05, 0.1) is 29.5 Å².